The van der Waals surface area contributed by atoms with Gasteiger partial charge in [0.05, 0.1) is 23.7 Å². The largest absolute Gasteiger partial charge is 0.573 e. The minimum absolute atomic E-state index is 0.183. The summed E-state index contributed by atoms with van der Waals surface area (Å²) in [5.74, 6) is -1.04. The van der Waals surface area contributed by atoms with Crippen LogP contribution in [0.25, 0.3) is 17.2 Å². The molecular weight excluding hydrogens is 629 g/mol. The monoisotopic (exact) mass is 658 g/mol. The van der Waals surface area contributed by atoms with E-state index in [1.807, 2.05) is 12.1 Å². The summed E-state index contributed by atoms with van der Waals surface area (Å²) in [4.78, 5) is 28.7. The summed E-state index contributed by atoms with van der Waals surface area (Å²) in [6.45, 7) is 4.39. The lowest BCUT2D eigenvalue weighted by atomic mass is 10.0. The first-order valence-electron chi connectivity index (χ1n) is 14.1. The van der Waals surface area contributed by atoms with Gasteiger partial charge < -0.3 is 19.3 Å². The van der Waals surface area contributed by atoms with E-state index in [2.05, 4.69) is 9.64 Å². The van der Waals surface area contributed by atoms with Crippen LogP contribution in [0, 0.1) is 0 Å². The number of alkyl halides is 3. The van der Waals surface area contributed by atoms with Gasteiger partial charge in [0.2, 0.25) is 0 Å². The number of hydrogen-bond acceptors (Lipinski definition) is 8. The molecule has 45 heavy (non-hydrogen) atoms. The second-order valence-corrected chi connectivity index (χ2v) is 11.9. The Labute approximate surface area is 267 Å². The van der Waals surface area contributed by atoms with Gasteiger partial charge in [0, 0.05) is 31.7 Å². The maximum absolute atomic E-state index is 13.4. The molecule has 2 aliphatic rings. The van der Waals surface area contributed by atoms with Crippen molar-refractivity contribution in [2.24, 2.45) is 0 Å². The van der Waals surface area contributed by atoms with Gasteiger partial charge in [0.15, 0.2) is 0 Å². The van der Waals surface area contributed by atoms with Gasteiger partial charge in [-0.15, -0.1) is 13.2 Å². The predicted octanol–water partition coefficient (Wildman–Crippen LogP) is 6.11. The van der Waals surface area contributed by atoms with Crippen molar-refractivity contribution in [2.75, 3.05) is 46.0 Å². The van der Waals surface area contributed by atoms with Crippen molar-refractivity contribution in [3.63, 3.8) is 0 Å². The minimum Gasteiger partial charge on any atom is -0.492 e. The van der Waals surface area contributed by atoms with E-state index in [0.717, 1.165) is 18.7 Å². The van der Waals surface area contributed by atoms with Crippen LogP contribution < -0.4 is 9.47 Å². The third kappa shape index (κ3) is 8.85. The average molecular weight is 659 g/mol. The Kier molecular flexibility index (Phi) is 10.4. The Morgan fingerprint density at radius 3 is 2.36 bits per heavy atom. The van der Waals surface area contributed by atoms with Gasteiger partial charge in [-0.1, -0.05) is 54.3 Å². The van der Waals surface area contributed by atoms with Crippen LogP contribution in [-0.4, -0.2) is 83.5 Å². The van der Waals surface area contributed by atoms with Crippen LogP contribution in [-0.2, 0) is 16.0 Å². The molecule has 0 aromatic heterocycles. The molecule has 2 heterocycles. The maximum Gasteiger partial charge on any atom is 0.573 e. The Bertz CT molecular complexity index is 1570. The molecule has 0 unspecified atom stereocenters. The van der Waals surface area contributed by atoms with Crippen molar-refractivity contribution in [1.29, 1.82) is 0 Å². The van der Waals surface area contributed by atoms with Crippen LogP contribution >= 0.6 is 24.0 Å². The van der Waals surface area contributed by atoms with Gasteiger partial charge >= 0.3 is 12.3 Å². The van der Waals surface area contributed by atoms with Crippen molar-refractivity contribution < 1.29 is 42.1 Å². The third-order valence-electron chi connectivity index (χ3n) is 7.18. The molecule has 236 valence electrons. The first-order chi connectivity index (χ1) is 21.6. The van der Waals surface area contributed by atoms with Crippen LogP contribution in [0.15, 0.2) is 71.6 Å². The molecule has 0 radical (unpaired) electrons. The molecule has 0 spiro atoms. The molecule has 0 aliphatic carbocycles. The summed E-state index contributed by atoms with van der Waals surface area (Å²) in [6.07, 6.45) is -2.58. The standard InChI is InChI=1S/C32H29F3N2O6S2/c33-32(34,35)43-26-8-5-22(6-9-26)24-7-10-27(42-18-15-36-13-16-41-17-14-36)25(19-24)20-28-29(38)37(31(44)45-28)12-11-21-1-3-23(4-2-21)30(39)40/h1-10,19-20H,11-18H2,(H,39,40). The first-order valence-corrected chi connectivity index (χ1v) is 15.3. The SMILES string of the molecule is O=C(O)c1ccc(CCN2C(=O)C(=Cc3cc(-c4ccc(OC(F)(F)F)cc4)ccc3OCCN3CCOCC3)SC2=S)cc1. The molecule has 5 rings (SSSR count). The highest BCUT2D eigenvalue weighted by molar-refractivity contribution is 8.26. The van der Waals surface area contributed by atoms with E-state index >= 15 is 0 Å². The second-order valence-electron chi connectivity index (χ2n) is 10.2. The lowest BCUT2D eigenvalue weighted by Gasteiger charge is -2.26. The quantitative estimate of drug-likeness (QED) is 0.194. The molecule has 0 saturated carbocycles. The summed E-state index contributed by atoms with van der Waals surface area (Å²) in [7, 11) is 0. The van der Waals surface area contributed by atoms with E-state index in [9.17, 15) is 22.8 Å². The number of thiocarbonyl (C=S) groups is 1. The summed E-state index contributed by atoms with van der Waals surface area (Å²) >= 11 is 6.69. The molecule has 2 fully saturated rings. The number of amides is 1. The maximum atomic E-state index is 13.4. The zero-order valence-corrected chi connectivity index (χ0v) is 25.6. The van der Waals surface area contributed by atoms with Gasteiger partial charge in [-0.05, 0) is 65.6 Å². The highest BCUT2D eigenvalue weighted by Gasteiger charge is 2.32. The number of halogens is 3. The van der Waals surface area contributed by atoms with E-state index in [4.69, 9.17) is 26.8 Å². The number of carbonyl (C=O) groups excluding carboxylic acids is 1. The molecule has 13 heteroatoms. The number of nitrogens with zero attached hydrogens (tertiary/aromatic N) is 2. The normalized spacial score (nSPS) is 16.8. The Morgan fingerprint density at radius 1 is 1.00 bits per heavy atom. The predicted molar refractivity (Wildman–Crippen MR) is 168 cm³/mol. The number of hydrogen-bond donors (Lipinski definition) is 1. The first kappa shape index (κ1) is 32.5. The smallest absolute Gasteiger partial charge is 0.492 e. The summed E-state index contributed by atoms with van der Waals surface area (Å²) in [6, 6.07) is 17.4. The topological polar surface area (TPSA) is 88.5 Å². The van der Waals surface area contributed by atoms with Crippen LogP contribution in [0.2, 0.25) is 0 Å². The van der Waals surface area contributed by atoms with Gasteiger partial charge in [0.25, 0.3) is 5.91 Å². The van der Waals surface area contributed by atoms with Gasteiger partial charge in [0.1, 0.15) is 22.4 Å². The lowest BCUT2D eigenvalue weighted by Crippen LogP contribution is -2.38. The number of carboxylic acids is 1. The van der Waals surface area contributed by atoms with Gasteiger partial charge in [-0.2, -0.15) is 0 Å². The highest BCUT2D eigenvalue weighted by atomic mass is 32.2. The number of aromatic carboxylic acids is 1. The molecule has 2 aliphatic heterocycles. The molecule has 2 saturated heterocycles. The number of carbonyl (C=O) groups is 2. The van der Waals surface area contributed by atoms with Gasteiger partial charge in [-0.25, -0.2) is 4.79 Å². The van der Waals surface area contributed by atoms with Crippen molar-refractivity contribution in [2.45, 2.75) is 12.8 Å². The fourth-order valence-corrected chi connectivity index (χ4v) is 6.12. The molecule has 8 nitrogen and oxygen atoms in total. The van der Waals surface area contributed by atoms with Crippen molar-refractivity contribution >= 4 is 46.3 Å². The van der Waals surface area contributed by atoms with E-state index in [-0.39, 0.29) is 17.2 Å². The molecule has 1 N–H and O–H groups in total. The molecular formula is C32H29F3N2O6S2. The molecule has 3 aromatic carbocycles. The summed E-state index contributed by atoms with van der Waals surface area (Å²) in [5.41, 5.74) is 3.03. The van der Waals surface area contributed by atoms with E-state index in [1.165, 1.54) is 53.1 Å². The summed E-state index contributed by atoms with van der Waals surface area (Å²) in [5, 5.41) is 9.12. The Balaban J connectivity index is 1.35. The number of thioether (sulfide) groups is 1. The van der Waals surface area contributed by atoms with Crippen LogP contribution in [0.1, 0.15) is 21.5 Å². The third-order valence-corrected chi connectivity index (χ3v) is 8.56. The van der Waals surface area contributed by atoms with E-state index in [1.54, 1.807) is 24.3 Å². The van der Waals surface area contributed by atoms with E-state index < -0.39 is 12.3 Å². The fraction of sp³-hybridized carbons (Fsp3) is 0.281. The Hall–Kier alpha value is -3.91. The number of ether oxygens (including phenoxy) is 3. The number of rotatable bonds is 11. The van der Waals surface area contributed by atoms with Crippen molar-refractivity contribution in [3.05, 3.63) is 88.3 Å². The molecule has 0 atom stereocenters. The number of benzene rings is 3. The highest BCUT2D eigenvalue weighted by Crippen LogP contribution is 2.36. The van der Waals surface area contributed by atoms with Crippen molar-refractivity contribution in [1.82, 2.24) is 9.80 Å². The zero-order valence-electron chi connectivity index (χ0n) is 23.9. The number of carboxylic acid groups (broad SMARTS) is 1. The Morgan fingerprint density at radius 2 is 1.69 bits per heavy atom. The van der Waals surface area contributed by atoms with Crippen molar-refractivity contribution in [3.8, 4) is 22.6 Å². The average Bonchev–Trinajstić information content (AvgIpc) is 3.28. The lowest BCUT2D eigenvalue weighted by molar-refractivity contribution is -0.274. The van der Waals surface area contributed by atoms with E-state index in [0.29, 0.717) is 71.0 Å². The zero-order chi connectivity index (χ0) is 32.0. The van der Waals surface area contributed by atoms with Crippen LogP contribution in [0.5, 0.6) is 11.5 Å². The van der Waals surface area contributed by atoms with Crippen LogP contribution in [0.4, 0.5) is 13.2 Å². The molecule has 0 bridgehead atoms. The summed E-state index contributed by atoms with van der Waals surface area (Å²) < 4.78 is 53.8. The second kappa shape index (κ2) is 14.5. The fourth-order valence-electron chi connectivity index (χ4n) is 4.82. The minimum atomic E-state index is -4.79. The molecule has 3 aromatic rings. The van der Waals surface area contributed by atoms with Crippen LogP contribution in [0.3, 0.4) is 0 Å². The molecule has 1 amide bonds. The van der Waals surface area contributed by atoms with Gasteiger partial charge in [-0.3, -0.25) is 14.6 Å². The number of morpholine rings is 1.